The molecule has 0 aliphatic carbocycles. The van der Waals surface area contributed by atoms with Crippen molar-refractivity contribution in [3.63, 3.8) is 0 Å². The monoisotopic (exact) mass is 367 g/mol. The second kappa shape index (κ2) is 9.53. The SMILES string of the molecule is COc1ccccc1Nc1ncnc(N(CCC#N)CCC#N)c1[N+](=O)[O-]. The van der Waals surface area contributed by atoms with Crippen molar-refractivity contribution in [2.75, 3.05) is 30.4 Å². The summed E-state index contributed by atoms with van der Waals surface area (Å²) in [6.07, 6.45) is 1.48. The van der Waals surface area contributed by atoms with E-state index in [0.29, 0.717) is 11.4 Å². The number of nitro groups is 1. The summed E-state index contributed by atoms with van der Waals surface area (Å²) in [5.74, 6) is 0.545. The number of para-hydroxylation sites is 2. The summed E-state index contributed by atoms with van der Waals surface area (Å²) in [6.45, 7) is 0.425. The van der Waals surface area contributed by atoms with Crippen molar-refractivity contribution in [3.05, 3.63) is 40.7 Å². The van der Waals surface area contributed by atoms with Gasteiger partial charge in [-0.3, -0.25) is 10.1 Å². The molecule has 1 heterocycles. The fourth-order valence-electron chi connectivity index (χ4n) is 2.43. The Kier molecular flexibility index (Phi) is 6.85. The van der Waals surface area contributed by atoms with E-state index < -0.39 is 4.92 Å². The molecule has 1 aromatic carbocycles. The van der Waals surface area contributed by atoms with E-state index in [9.17, 15) is 10.1 Å². The van der Waals surface area contributed by atoms with Gasteiger partial charge in [0.25, 0.3) is 0 Å². The molecule has 0 unspecified atom stereocenters. The first-order chi connectivity index (χ1) is 13.1. The van der Waals surface area contributed by atoms with Gasteiger partial charge < -0.3 is 15.0 Å². The minimum atomic E-state index is -0.584. The Labute approximate surface area is 155 Å². The van der Waals surface area contributed by atoms with E-state index in [2.05, 4.69) is 15.3 Å². The first kappa shape index (κ1) is 19.4. The third-order valence-corrected chi connectivity index (χ3v) is 3.63. The number of benzene rings is 1. The smallest absolute Gasteiger partial charge is 0.353 e. The van der Waals surface area contributed by atoms with Crippen LogP contribution < -0.4 is 15.0 Å². The van der Waals surface area contributed by atoms with E-state index in [1.54, 1.807) is 29.2 Å². The fourth-order valence-corrected chi connectivity index (χ4v) is 2.43. The Bertz CT molecular complexity index is 871. The molecule has 0 atom stereocenters. The average Bonchev–Trinajstić information content (AvgIpc) is 2.68. The summed E-state index contributed by atoms with van der Waals surface area (Å²) in [7, 11) is 1.49. The van der Waals surface area contributed by atoms with Crippen LogP contribution in [0.15, 0.2) is 30.6 Å². The molecule has 0 fully saturated rings. The van der Waals surface area contributed by atoms with E-state index >= 15 is 0 Å². The molecule has 2 aromatic rings. The molecule has 10 nitrogen and oxygen atoms in total. The number of nitrogens with zero attached hydrogens (tertiary/aromatic N) is 6. The van der Waals surface area contributed by atoms with Gasteiger partial charge in [-0.15, -0.1) is 0 Å². The number of hydrogen-bond donors (Lipinski definition) is 1. The Morgan fingerprint density at radius 1 is 1.22 bits per heavy atom. The maximum atomic E-state index is 11.7. The van der Waals surface area contributed by atoms with Gasteiger partial charge in [0.05, 0.1) is 42.7 Å². The summed E-state index contributed by atoms with van der Waals surface area (Å²) >= 11 is 0. The van der Waals surface area contributed by atoms with Gasteiger partial charge in [0, 0.05) is 13.1 Å². The molecule has 1 aromatic heterocycles. The zero-order valence-electron chi connectivity index (χ0n) is 14.6. The number of rotatable bonds is 9. The maximum Gasteiger partial charge on any atom is 0.353 e. The summed E-state index contributed by atoms with van der Waals surface area (Å²) in [5.41, 5.74) is 0.174. The van der Waals surface area contributed by atoms with Crippen molar-refractivity contribution < 1.29 is 9.66 Å². The third-order valence-electron chi connectivity index (χ3n) is 3.63. The van der Waals surface area contributed by atoms with Crippen LogP contribution in [-0.4, -0.2) is 35.1 Å². The first-order valence-electron chi connectivity index (χ1n) is 8.00. The van der Waals surface area contributed by atoms with Crippen LogP contribution in [0.5, 0.6) is 5.75 Å². The zero-order chi connectivity index (χ0) is 19.6. The molecule has 0 radical (unpaired) electrons. The first-order valence-corrected chi connectivity index (χ1v) is 8.00. The standard InChI is InChI=1S/C17H17N7O3/c1-27-14-7-3-2-6-13(14)22-16-15(24(25)26)17(21-12-20-16)23(10-4-8-18)11-5-9-19/h2-3,6-7,12H,4-5,10-11H2,1H3,(H,20,21,22). The zero-order valence-corrected chi connectivity index (χ0v) is 14.6. The lowest BCUT2D eigenvalue weighted by molar-refractivity contribution is -0.383. The molecule has 138 valence electrons. The Morgan fingerprint density at radius 2 is 1.89 bits per heavy atom. The van der Waals surface area contributed by atoms with Gasteiger partial charge in [0.15, 0.2) is 0 Å². The predicted octanol–water partition coefficient (Wildman–Crippen LogP) is 2.77. The third kappa shape index (κ3) is 4.80. The Morgan fingerprint density at radius 3 is 2.48 bits per heavy atom. The lowest BCUT2D eigenvalue weighted by atomic mass is 10.2. The van der Waals surface area contributed by atoms with Crippen LogP contribution in [0.3, 0.4) is 0 Å². The van der Waals surface area contributed by atoms with E-state index in [-0.39, 0.29) is 43.3 Å². The number of methoxy groups -OCH3 is 1. The number of hydrogen-bond acceptors (Lipinski definition) is 9. The number of anilines is 3. The topological polar surface area (TPSA) is 141 Å². The lowest BCUT2D eigenvalue weighted by Crippen LogP contribution is -2.27. The van der Waals surface area contributed by atoms with E-state index in [4.69, 9.17) is 15.3 Å². The molecule has 0 saturated carbocycles. The van der Waals surface area contributed by atoms with E-state index in [1.807, 2.05) is 12.1 Å². The van der Waals surface area contributed by atoms with Crippen molar-refractivity contribution in [2.45, 2.75) is 12.8 Å². The highest BCUT2D eigenvalue weighted by molar-refractivity contribution is 5.76. The molecule has 0 aliphatic rings. The normalized spacial score (nSPS) is 9.74. The average molecular weight is 367 g/mol. The van der Waals surface area contributed by atoms with Crippen LogP contribution in [0.25, 0.3) is 0 Å². The Hall–Kier alpha value is -3.92. The van der Waals surface area contributed by atoms with Crippen molar-refractivity contribution in [1.82, 2.24) is 9.97 Å². The number of aromatic nitrogens is 2. The number of nitriles is 2. The van der Waals surface area contributed by atoms with Crippen LogP contribution in [-0.2, 0) is 0 Å². The van der Waals surface area contributed by atoms with Gasteiger partial charge in [-0.25, -0.2) is 9.97 Å². The van der Waals surface area contributed by atoms with Gasteiger partial charge >= 0.3 is 5.69 Å². The van der Waals surface area contributed by atoms with Crippen LogP contribution in [0, 0.1) is 32.8 Å². The highest BCUT2D eigenvalue weighted by Gasteiger charge is 2.27. The second-order valence-corrected chi connectivity index (χ2v) is 5.28. The summed E-state index contributed by atoms with van der Waals surface area (Å²) in [6, 6.07) is 10.9. The quantitative estimate of drug-likeness (QED) is 0.523. The Balaban J connectivity index is 2.47. The molecule has 2 rings (SSSR count). The molecule has 0 spiro atoms. The molecule has 0 amide bonds. The van der Waals surface area contributed by atoms with Gasteiger partial charge in [0.1, 0.15) is 12.1 Å². The minimum absolute atomic E-state index is 0.00610. The number of nitrogens with one attached hydrogen (secondary N) is 1. The predicted molar refractivity (Wildman–Crippen MR) is 97.6 cm³/mol. The summed E-state index contributed by atoms with van der Waals surface area (Å²) in [5, 5.41) is 32.3. The molecule has 0 bridgehead atoms. The van der Waals surface area contributed by atoms with Gasteiger partial charge in [0.2, 0.25) is 11.6 Å². The van der Waals surface area contributed by atoms with Gasteiger partial charge in [-0.05, 0) is 12.1 Å². The number of ether oxygens (including phenoxy) is 1. The molecule has 0 aliphatic heterocycles. The molecule has 10 heteroatoms. The summed E-state index contributed by atoms with van der Waals surface area (Å²) in [4.78, 5) is 20.7. The molecule has 27 heavy (non-hydrogen) atoms. The summed E-state index contributed by atoms with van der Waals surface area (Å²) < 4.78 is 5.24. The van der Waals surface area contributed by atoms with E-state index in [0.717, 1.165) is 0 Å². The van der Waals surface area contributed by atoms with Crippen LogP contribution in [0.1, 0.15) is 12.8 Å². The molecule has 0 saturated heterocycles. The highest BCUT2D eigenvalue weighted by Crippen LogP contribution is 2.35. The van der Waals surface area contributed by atoms with Crippen molar-refractivity contribution in [1.29, 1.82) is 10.5 Å². The maximum absolute atomic E-state index is 11.7. The molecule has 1 N–H and O–H groups in total. The molecular formula is C17H17N7O3. The van der Waals surface area contributed by atoms with Gasteiger partial charge in [-0.1, -0.05) is 12.1 Å². The van der Waals surface area contributed by atoms with Crippen LogP contribution in [0.4, 0.5) is 23.0 Å². The van der Waals surface area contributed by atoms with E-state index in [1.165, 1.54) is 13.4 Å². The van der Waals surface area contributed by atoms with Crippen molar-refractivity contribution in [2.24, 2.45) is 0 Å². The fraction of sp³-hybridized carbons (Fsp3) is 0.294. The van der Waals surface area contributed by atoms with Crippen LogP contribution in [0.2, 0.25) is 0 Å². The lowest BCUT2D eigenvalue weighted by Gasteiger charge is -2.21. The largest absolute Gasteiger partial charge is 0.495 e. The molecular weight excluding hydrogens is 350 g/mol. The minimum Gasteiger partial charge on any atom is -0.495 e. The van der Waals surface area contributed by atoms with Gasteiger partial charge in [-0.2, -0.15) is 10.5 Å². The van der Waals surface area contributed by atoms with Crippen molar-refractivity contribution in [3.8, 4) is 17.9 Å². The highest BCUT2D eigenvalue weighted by atomic mass is 16.6. The van der Waals surface area contributed by atoms with Crippen LogP contribution >= 0.6 is 0 Å². The second-order valence-electron chi connectivity index (χ2n) is 5.28. The van der Waals surface area contributed by atoms with Crippen molar-refractivity contribution >= 4 is 23.0 Å².